The number of nitrogens with zero attached hydrogens (tertiary/aromatic N) is 2. The maximum Gasteiger partial charge on any atom is 0.305 e. The Kier molecular flexibility index (Phi) is 12.1. The van der Waals surface area contributed by atoms with E-state index in [0.717, 1.165) is 38.4 Å². The molecular formula is C20H40N4O2. The molecule has 1 heterocycles. The number of methoxy groups -OCH3 is 1. The zero-order chi connectivity index (χ0) is 19.2. The van der Waals surface area contributed by atoms with Crippen LogP contribution in [0.15, 0.2) is 4.99 Å². The van der Waals surface area contributed by atoms with E-state index in [2.05, 4.69) is 41.0 Å². The van der Waals surface area contributed by atoms with Gasteiger partial charge in [-0.3, -0.25) is 14.7 Å². The van der Waals surface area contributed by atoms with E-state index in [1.54, 1.807) is 0 Å². The summed E-state index contributed by atoms with van der Waals surface area (Å²) in [4.78, 5) is 18.6. The van der Waals surface area contributed by atoms with Gasteiger partial charge in [-0.2, -0.15) is 0 Å². The van der Waals surface area contributed by atoms with Gasteiger partial charge in [0.15, 0.2) is 5.96 Å². The minimum Gasteiger partial charge on any atom is -0.469 e. The Bertz CT molecular complexity index is 405. The summed E-state index contributed by atoms with van der Waals surface area (Å²) in [5.41, 5.74) is 0. The fourth-order valence-corrected chi connectivity index (χ4v) is 3.40. The van der Waals surface area contributed by atoms with Crippen molar-refractivity contribution < 1.29 is 9.53 Å². The molecule has 0 radical (unpaired) electrons. The molecule has 0 aromatic heterocycles. The lowest BCUT2D eigenvalue weighted by Gasteiger charge is -2.32. The van der Waals surface area contributed by atoms with Crippen LogP contribution < -0.4 is 10.6 Å². The summed E-state index contributed by atoms with van der Waals surface area (Å²) in [7, 11) is 1.44. The Morgan fingerprint density at radius 1 is 1.12 bits per heavy atom. The number of guanidine groups is 1. The number of carbonyl (C=O) groups excluding carboxylic acids is 1. The van der Waals surface area contributed by atoms with Crippen molar-refractivity contribution in [3.05, 3.63) is 0 Å². The number of rotatable bonds is 10. The molecular weight excluding hydrogens is 328 g/mol. The van der Waals surface area contributed by atoms with Crippen molar-refractivity contribution in [2.75, 3.05) is 39.8 Å². The number of hydrogen-bond donors (Lipinski definition) is 2. The number of ether oxygens (including phenoxy) is 1. The van der Waals surface area contributed by atoms with Gasteiger partial charge in [0.25, 0.3) is 0 Å². The second-order valence-corrected chi connectivity index (χ2v) is 7.44. The van der Waals surface area contributed by atoms with Crippen molar-refractivity contribution in [3.8, 4) is 0 Å². The van der Waals surface area contributed by atoms with Crippen LogP contribution in [0.2, 0.25) is 0 Å². The summed E-state index contributed by atoms with van der Waals surface area (Å²) in [6.07, 6.45) is 7.59. The highest BCUT2D eigenvalue weighted by Gasteiger charge is 2.22. The van der Waals surface area contributed by atoms with Gasteiger partial charge in [-0.05, 0) is 51.6 Å². The third-order valence-electron chi connectivity index (χ3n) is 4.99. The standard InChI is InChI=1S/C20H40N4O2/c1-5-21-20(22-13-9-8-12-19(25)26-4)23-16-18(17(2)3)24-14-10-6-7-11-15-24/h17-18H,5-16H2,1-4H3,(H2,21,22,23). The molecule has 6 nitrogen and oxygen atoms in total. The van der Waals surface area contributed by atoms with E-state index < -0.39 is 0 Å². The molecule has 0 amide bonds. The van der Waals surface area contributed by atoms with Gasteiger partial charge < -0.3 is 15.4 Å². The van der Waals surface area contributed by atoms with E-state index in [1.165, 1.54) is 45.9 Å². The number of likely N-dealkylation sites (tertiary alicyclic amines) is 1. The molecule has 0 aromatic rings. The topological polar surface area (TPSA) is 66.0 Å². The van der Waals surface area contributed by atoms with Crippen LogP contribution in [0, 0.1) is 5.92 Å². The van der Waals surface area contributed by atoms with Gasteiger partial charge in [-0.15, -0.1) is 0 Å². The molecule has 26 heavy (non-hydrogen) atoms. The first-order chi connectivity index (χ1) is 12.6. The van der Waals surface area contributed by atoms with E-state index in [0.29, 0.717) is 18.4 Å². The molecule has 1 aliphatic heterocycles. The Morgan fingerprint density at radius 2 is 1.81 bits per heavy atom. The van der Waals surface area contributed by atoms with Crippen LogP contribution >= 0.6 is 0 Å². The van der Waals surface area contributed by atoms with Crippen LogP contribution in [-0.4, -0.2) is 62.7 Å². The molecule has 0 spiro atoms. The lowest BCUT2D eigenvalue weighted by Crippen LogP contribution is -2.44. The lowest BCUT2D eigenvalue weighted by molar-refractivity contribution is -0.140. The van der Waals surface area contributed by atoms with Gasteiger partial charge in [-0.25, -0.2) is 0 Å². The SMILES string of the molecule is CCNC(=NCC(C(C)C)N1CCCCCC1)NCCCCC(=O)OC. The lowest BCUT2D eigenvalue weighted by atomic mass is 10.0. The molecule has 1 saturated heterocycles. The van der Waals surface area contributed by atoms with E-state index in [-0.39, 0.29) is 5.97 Å². The van der Waals surface area contributed by atoms with Gasteiger partial charge in [0.1, 0.15) is 0 Å². The first-order valence-electron chi connectivity index (χ1n) is 10.4. The fraction of sp³-hybridized carbons (Fsp3) is 0.900. The van der Waals surface area contributed by atoms with E-state index in [4.69, 9.17) is 4.99 Å². The van der Waals surface area contributed by atoms with Crippen molar-refractivity contribution in [1.29, 1.82) is 0 Å². The van der Waals surface area contributed by atoms with Crippen molar-refractivity contribution in [1.82, 2.24) is 15.5 Å². The van der Waals surface area contributed by atoms with Crippen molar-refractivity contribution >= 4 is 11.9 Å². The molecule has 1 atom stereocenters. The summed E-state index contributed by atoms with van der Waals surface area (Å²) in [5.74, 6) is 1.34. The highest BCUT2D eigenvalue weighted by Crippen LogP contribution is 2.17. The molecule has 1 rings (SSSR count). The highest BCUT2D eigenvalue weighted by atomic mass is 16.5. The molecule has 0 aromatic carbocycles. The quantitative estimate of drug-likeness (QED) is 0.269. The summed E-state index contributed by atoms with van der Waals surface area (Å²) in [6.45, 7) is 11.6. The predicted octanol–water partition coefficient (Wildman–Crippen LogP) is 2.79. The molecule has 2 N–H and O–H groups in total. The third kappa shape index (κ3) is 9.41. The van der Waals surface area contributed by atoms with Gasteiger partial charge >= 0.3 is 5.97 Å². The van der Waals surface area contributed by atoms with Crippen LogP contribution in [0.1, 0.15) is 65.7 Å². The number of unbranched alkanes of at least 4 members (excludes halogenated alkanes) is 1. The van der Waals surface area contributed by atoms with Gasteiger partial charge in [-0.1, -0.05) is 26.7 Å². The molecule has 1 unspecified atom stereocenters. The summed E-state index contributed by atoms with van der Waals surface area (Å²) < 4.78 is 4.67. The maximum absolute atomic E-state index is 11.1. The van der Waals surface area contributed by atoms with E-state index in [1.807, 2.05) is 0 Å². The minimum absolute atomic E-state index is 0.136. The van der Waals surface area contributed by atoms with Crippen LogP contribution in [0.3, 0.4) is 0 Å². The number of esters is 1. The maximum atomic E-state index is 11.1. The number of hydrogen-bond acceptors (Lipinski definition) is 4. The number of aliphatic imine (C=N–C) groups is 1. The Labute approximate surface area is 160 Å². The Morgan fingerprint density at radius 3 is 2.38 bits per heavy atom. The Balaban J connectivity index is 2.48. The van der Waals surface area contributed by atoms with Crippen molar-refractivity contribution in [3.63, 3.8) is 0 Å². The number of carbonyl (C=O) groups is 1. The smallest absolute Gasteiger partial charge is 0.305 e. The monoisotopic (exact) mass is 368 g/mol. The van der Waals surface area contributed by atoms with Gasteiger partial charge in [0.2, 0.25) is 0 Å². The summed E-state index contributed by atoms with van der Waals surface area (Å²) in [6, 6.07) is 0.503. The molecule has 0 aliphatic carbocycles. The second kappa shape index (κ2) is 13.8. The van der Waals surface area contributed by atoms with Gasteiger partial charge in [0, 0.05) is 25.6 Å². The van der Waals surface area contributed by atoms with E-state index >= 15 is 0 Å². The van der Waals surface area contributed by atoms with Crippen LogP contribution in [0.4, 0.5) is 0 Å². The molecule has 0 bridgehead atoms. The second-order valence-electron chi connectivity index (χ2n) is 7.44. The first kappa shape index (κ1) is 22.7. The zero-order valence-electron chi connectivity index (χ0n) is 17.4. The predicted molar refractivity (Wildman–Crippen MR) is 109 cm³/mol. The van der Waals surface area contributed by atoms with Crippen LogP contribution in [-0.2, 0) is 9.53 Å². The average Bonchev–Trinajstić information content (AvgIpc) is 2.90. The van der Waals surface area contributed by atoms with Crippen molar-refractivity contribution in [2.45, 2.75) is 71.8 Å². The zero-order valence-corrected chi connectivity index (χ0v) is 17.4. The first-order valence-corrected chi connectivity index (χ1v) is 10.4. The third-order valence-corrected chi connectivity index (χ3v) is 4.99. The molecule has 1 aliphatic rings. The fourth-order valence-electron chi connectivity index (χ4n) is 3.40. The minimum atomic E-state index is -0.136. The van der Waals surface area contributed by atoms with Crippen molar-refractivity contribution in [2.24, 2.45) is 10.9 Å². The van der Waals surface area contributed by atoms with Gasteiger partial charge in [0.05, 0.1) is 13.7 Å². The molecule has 152 valence electrons. The van der Waals surface area contributed by atoms with Crippen LogP contribution in [0.25, 0.3) is 0 Å². The van der Waals surface area contributed by atoms with E-state index in [9.17, 15) is 4.79 Å². The highest BCUT2D eigenvalue weighted by molar-refractivity contribution is 5.79. The average molecular weight is 369 g/mol. The number of nitrogens with one attached hydrogen (secondary N) is 2. The summed E-state index contributed by atoms with van der Waals surface area (Å²) in [5, 5.41) is 6.72. The molecule has 1 fully saturated rings. The molecule has 0 saturated carbocycles. The summed E-state index contributed by atoms with van der Waals surface area (Å²) >= 11 is 0. The molecule has 6 heteroatoms. The van der Waals surface area contributed by atoms with Crippen LogP contribution in [0.5, 0.6) is 0 Å². The largest absolute Gasteiger partial charge is 0.469 e. The Hall–Kier alpha value is -1.30. The normalized spacial score (nSPS) is 17.7.